The molecule has 2 unspecified atom stereocenters. The monoisotopic (exact) mass is 768 g/mol. The zero-order chi connectivity index (χ0) is 37.8. The van der Waals surface area contributed by atoms with Crippen molar-refractivity contribution in [2.75, 3.05) is 47.8 Å². The van der Waals surface area contributed by atoms with E-state index in [0.29, 0.717) is 42.4 Å². The first-order chi connectivity index (χ1) is 27.5. The van der Waals surface area contributed by atoms with Gasteiger partial charge in [-0.15, -0.1) is 10.2 Å². The molecule has 5 aromatic heterocycles. The smallest absolute Gasteiger partial charge is 0.234 e. The topological polar surface area (TPSA) is 161 Å². The largest absolute Gasteiger partial charge is 0.382 e. The molecule has 10 rings (SSSR count). The number of nitrogens with one attached hydrogen (secondary N) is 2. The van der Waals surface area contributed by atoms with Crippen LogP contribution in [0.3, 0.4) is 0 Å². The number of carbonyl (C=O) groups is 2. The van der Waals surface area contributed by atoms with Crippen molar-refractivity contribution < 1.29 is 9.59 Å². The summed E-state index contributed by atoms with van der Waals surface area (Å²) in [5.74, 6) is 0.906. The van der Waals surface area contributed by atoms with Gasteiger partial charge in [-0.05, 0) is 93.2 Å². The summed E-state index contributed by atoms with van der Waals surface area (Å²) in [5, 5.41) is 31.4. The van der Waals surface area contributed by atoms with Gasteiger partial charge in [-0.1, -0.05) is 17.4 Å². The Labute approximate surface area is 328 Å². The second-order valence-corrected chi connectivity index (χ2v) is 17.0. The van der Waals surface area contributed by atoms with Crippen molar-refractivity contribution >= 4 is 45.3 Å². The highest BCUT2D eigenvalue weighted by Crippen LogP contribution is 2.40. The minimum atomic E-state index is -0.302. The first-order valence-electron chi connectivity index (χ1n) is 20.0. The van der Waals surface area contributed by atoms with E-state index in [1.807, 2.05) is 47.2 Å². The summed E-state index contributed by atoms with van der Waals surface area (Å²) in [4.78, 5) is 41.1. The van der Waals surface area contributed by atoms with Gasteiger partial charge in [0.25, 0.3) is 0 Å². The lowest BCUT2D eigenvalue weighted by Crippen LogP contribution is -2.55. The van der Waals surface area contributed by atoms with Crippen LogP contribution in [0.1, 0.15) is 74.8 Å². The van der Waals surface area contributed by atoms with Crippen LogP contribution in [0.25, 0.3) is 27.5 Å². The number of imide groups is 1. The van der Waals surface area contributed by atoms with Crippen LogP contribution < -0.4 is 20.4 Å². The van der Waals surface area contributed by atoms with Crippen LogP contribution in [0, 0.1) is 17.2 Å². The van der Waals surface area contributed by atoms with Crippen molar-refractivity contribution in [3.05, 3.63) is 66.1 Å². The number of pyridine rings is 2. The number of hydrogen-bond donors (Lipinski definition) is 2. The SMILES string of the molecule is N#Cc1cnn2c(-c3cc(NC4CCC4)c(-c4nnc(N5CC6CCC(C5)N6CC5CCN(c6ccc([C@H]7CCC(=O)NC7=O)cn6)CC5)s4)cn3)ccc2c1. The number of carbonyl (C=O) groups excluding carboxylic acids is 2. The molecule has 1 aliphatic carbocycles. The Kier molecular flexibility index (Phi) is 9.10. The van der Waals surface area contributed by atoms with Crippen LogP contribution >= 0.6 is 11.3 Å². The van der Waals surface area contributed by atoms with Crippen LogP contribution in [0.4, 0.5) is 16.6 Å². The maximum absolute atomic E-state index is 12.3. The Balaban J connectivity index is 0.780. The first-order valence-corrected chi connectivity index (χ1v) is 20.8. The molecule has 3 atom stereocenters. The van der Waals surface area contributed by atoms with Gasteiger partial charge in [0.1, 0.15) is 11.9 Å². The normalized spacial score (nSPS) is 23.3. The molecule has 0 spiro atoms. The summed E-state index contributed by atoms with van der Waals surface area (Å²) >= 11 is 1.66. The molecule has 1 saturated carbocycles. The molecule has 4 saturated heterocycles. The Morgan fingerprint density at radius 3 is 2.46 bits per heavy atom. The Bertz CT molecular complexity index is 2310. The van der Waals surface area contributed by atoms with E-state index in [2.05, 4.69) is 42.6 Å². The van der Waals surface area contributed by atoms with E-state index in [0.717, 1.165) is 108 Å². The van der Waals surface area contributed by atoms with Gasteiger partial charge in [-0.25, -0.2) is 9.50 Å². The summed E-state index contributed by atoms with van der Waals surface area (Å²) in [6.45, 7) is 5.04. The first kappa shape index (κ1) is 35.0. The third-order valence-corrected chi connectivity index (χ3v) is 13.6. The molecule has 5 aliphatic rings. The van der Waals surface area contributed by atoms with E-state index in [4.69, 9.17) is 20.2 Å². The highest BCUT2D eigenvalue weighted by molar-refractivity contribution is 7.18. The minimum absolute atomic E-state index is 0.193. The lowest BCUT2D eigenvalue weighted by Gasteiger charge is -2.43. The summed E-state index contributed by atoms with van der Waals surface area (Å²) in [5.41, 5.74) is 5.94. The van der Waals surface area contributed by atoms with Crippen LogP contribution in [0.2, 0.25) is 0 Å². The van der Waals surface area contributed by atoms with Crippen LogP contribution in [-0.4, -0.2) is 97.3 Å². The number of nitriles is 1. The van der Waals surface area contributed by atoms with Crippen molar-refractivity contribution in [2.24, 2.45) is 5.92 Å². The summed E-state index contributed by atoms with van der Waals surface area (Å²) in [6.07, 6.45) is 14.5. The Hall–Kier alpha value is -5.46. The molecular weight excluding hydrogens is 725 g/mol. The fourth-order valence-corrected chi connectivity index (χ4v) is 10.1. The zero-order valence-corrected chi connectivity index (χ0v) is 32.0. The third-order valence-electron chi connectivity index (χ3n) is 12.6. The van der Waals surface area contributed by atoms with Crippen LogP contribution in [-0.2, 0) is 9.59 Å². The lowest BCUT2D eigenvalue weighted by atomic mass is 9.91. The van der Waals surface area contributed by atoms with E-state index in [1.54, 1.807) is 17.5 Å². The minimum Gasteiger partial charge on any atom is -0.382 e. The number of piperidine rings is 2. The number of nitrogens with zero attached hydrogens (tertiary/aromatic N) is 10. The molecule has 2 N–H and O–H groups in total. The molecule has 0 aromatic carbocycles. The highest BCUT2D eigenvalue weighted by Gasteiger charge is 2.42. The van der Waals surface area contributed by atoms with E-state index < -0.39 is 0 Å². The van der Waals surface area contributed by atoms with Crippen molar-refractivity contribution in [3.63, 3.8) is 0 Å². The van der Waals surface area contributed by atoms with Gasteiger partial charge in [0.2, 0.25) is 16.9 Å². The maximum atomic E-state index is 12.3. The number of aromatic nitrogens is 6. The zero-order valence-electron chi connectivity index (χ0n) is 31.2. The van der Waals surface area contributed by atoms with Crippen LogP contribution in [0.5, 0.6) is 0 Å². The van der Waals surface area contributed by atoms with Crippen molar-refractivity contribution in [2.45, 2.75) is 81.8 Å². The van der Waals surface area contributed by atoms with Gasteiger partial charge in [-0.2, -0.15) is 10.4 Å². The molecule has 0 radical (unpaired) electrons. The predicted octanol–water partition coefficient (Wildman–Crippen LogP) is 5.24. The van der Waals surface area contributed by atoms with Crippen molar-refractivity contribution in [1.82, 2.24) is 40.0 Å². The van der Waals surface area contributed by atoms with Crippen LogP contribution in [0.15, 0.2) is 55.0 Å². The number of fused-ring (bicyclic) bond motifs is 3. The molecule has 56 heavy (non-hydrogen) atoms. The number of hydrogen-bond acceptors (Lipinski definition) is 13. The summed E-state index contributed by atoms with van der Waals surface area (Å²) < 4.78 is 1.83. The average molecular weight is 769 g/mol. The van der Waals surface area contributed by atoms with Crippen molar-refractivity contribution in [3.8, 4) is 28.0 Å². The molecule has 14 nitrogen and oxygen atoms in total. The Morgan fingerprint density at radius 2 is 1.73 bits per heavy atom. The number of rotatable bonds is 9. The second-order valence-electron chi connectivity index (χ2n) is 16.1. The van der Waals surface area contributed by atoms with Gasteiger partial charge in [0, 0.05) is 75.4 Å². The van der Waals surface area contributed by atoms with Crippen molar-refractivity contribution in [1.29, 1.82) is 5.26 Å². The van der Waals surface area contributed by atoms with E-state index >= 15 is 0 Å². The number of amides is 2. The molecule has 4 aliphatic heterocycles. The van der Waals surface area contributed by atoms with E-state index in [9.17, 15) is 14.9 Å². The van der Waals surface area contributed by atoms with E-state index in [-0.39, 0.29) is 17.7 Å². The molecule has 9 heterocycles. The van der Waals surface area contributed by atoms with Gasteiger partial charge < -0.3 is 15.1 Å². The van der Waals surface area contributed by atoms with Gasteiger partial charge >= 0.3 is 0 Å². The molecular formula is C41H44N12O2S. The predicted molar refractivity (Wildman–Crippen MR) is 213 cm³/mol. The highest BCUT2D eigenvalue weighted by atomic mass is 32.1. The summed E-state index contributed by atoms with van der Waals surface area (Å²) in [7, 11) is 0. The molecule has 2 bridgehead atoms. The standard InChI is InChI=1S/C41H44N12O2S/c42-18-26-16-29-7-9-36(53(29)45-19-26)35-17-34(46-28-2-1-3-28)33(21-43-35)40-48-49-41(56-40)51-23-30-5-6-31(24-51)52(30)22-25-12-14-50(15-13-25)37-10-4-27(20-44-37)32-8-11-38(54)47-39(32)55/h4,7,9-10,16-17,19-21,25,28,30-32H,1-3,5-6,8,11-15,22-24H2,(H,43,46)(H,47,54,55)/t30?,31?,32-/m1/s1. The second kappa shape index (κ2) is 14.6. The fraction of sp³-hybridized carbons (Fsp3) is 0.463. The van der Waals surface area contributed by atoms with E-state index in [1.165, 1.54) is 19.3 Å². The molecule has 5 fully saturated rings. The fourth-order valence-electron chi connectivity index (χ4n) is 9.25. The number of piperazine rings is 1. The summed E-state index contributed by atoms with van der Waals surface area (Å²) in [6, 6.07) is 15.6. The molecule has 15 heteroatoms. The van der Waals surface area contributed by atoms with Gasteiger partial charge in [0.15, 0.2) is 5.01 Å². The molecule has 2 amide bonds. The lowest BCUT2D eigenvalue weighted by molar-refractivity contribution is -0.134. The third kappa shape index (κ3) is 6.64. The quantitative estimate of drug-likeness (QED) is 0.188. The number of anilines is 3. The average Bonchev–Trinajstić information content (AvgIpc) is 3.92. The molecule has 286 valence electrons. The van der Waals surface area contributed by atoms with Gasteiger partial charge in [0.05, 0.1) is 40.1 Å². The Morgan fingerprint density at radius 1 is 0.893 bits per heavy atom. The molecule has 5 aromatic rings. The van der Waals surface area contributed by atoms with Gasteiger partial charge in [-0.3, -0.25) is 24.8 Å². The maximum Gasteiger partial charge on any atom is 0.234 e.